The third-order valence-corrected chi connectivity index (χ3v) is 5.39. The molecule has 2 aromatic carbocycles. The number of carboxylic acid groups (broad SMARTS) is 1. The molecule has 1 heterocycles. The second kappa shape index (κ2) is 11.1. The van der Waals surface area contributed by atoms with Gasteiger partial charge in [0.15, 0.2) is 0 Å². The van der Waals surface area contributed by atoms with Gasteiger partial charge in [-0.1, -0.05) is 29.7 Å². The summed E-state index contributed by atoms with van der Waals surface area (Å²) in [5.41, 5.74) is 0.118. The van der Waals surface area contributed by atoms with Crippen molar-refractivity contribution in [2.75, 3.05) is 18.6 Å². The van der Waals surface area contributed by atoms with Gasteiger partial charge in [0, 0.05) is 40.5 Å². The monoisotopic (exact) mass is 516 g/mol. The Hall–Kier alpha value is -4.03. The quantitative estimate of drug-likeness (QED) is 0.394. The van der Waals surface area contributed by atoms with Gasteiger partial charge in [-0.2, -0.15) is 13.2 Å². The van der Waals surface area contributed by atoms with Crippen molar-refractivity contribution in [2.24, 2.45) is 0 Å². The summed E-state index contributed by atoms with van der Waals surface area (Å²) in [6.45, 7) is 1.41. The number of benzene rings is 2. The minimum absolute atomic E-state index is 0.0665. The molecule has 1 aromatic heterocycles. The van der Waals surface area contributed by atoms with Crippen molar-refractivity contribution in [1.29, 1.82) is 0 Å². The van der Waals surface area contributed by atoms with E-state index in [0.29, 0.717) is 17.0 Å². The minimum atomic E-state index is -4.65. The lowest BCUT2D eigenvalue weighted by molar-refractivity contribution is -0.141. The molecule has 0 atom stereocenters. The number of nitrogens with zero attached hydrogens (tertiary/aromatic N) is 2. The van der Waals surface area contributed by atoms with Crippen LogP contribution in [0.1, 0.15) is 35.0 Å². The number of halogens is 4. The molecule has 0 saturated heterocycles. The van der Waals surface area contributed by atoms with E-state index in [1.807, 2.05) is 0 Å². The Kier molecular flexibility index (Phi) is 8.22. The molecule has 0 aliphatic heterocycles. The number of pyridine rings is 1. The van der Waals surface area contributed by atoms with Crippen molar-refractivity contribution in [1.82, 2.24) is 4.98 Å². The van der Waals surface area contributed by atoms with Crippen molar-refractivity contribution in [2.45, 2.75) is 19.5 Å². The summed E-state index contributed by atoms with van der Waals surface area (Å²) < 4.78 is 45.0. The maximum Gasteiger partial charge on any atom is 0.433 e. The normalized spacial score (nSPS) is 10.8. The first kappa shape index (κ1) is 26.6. The van der Waals surface area contributed by atoms with E-state index < -0.39 is 23.7 Å². The lowest BCUT2D eigenvalue weighted by atomic mass is 9.98. The van der Waals surface area contributed by atoms with Gasteiger partial charge in [0.2, 0.25) is 0 Å². The van der Waals surface area contributed by atoms with Crippen LogP contribution in [0, 0.1) is 11.8 Å². The molecule has 0 spiro atoms. The van der Waals surface area contributed by atoms with Crippen molar-refractivity contribution in [3.05, 3.63) is 76.6 Å². The average Bonchev–Trinajstić information content (AvgIpc) is 2.83. The molecule has 1 N–H and O–H groups in total. The number of hydrogen-bond acceptors (Lipinski definition) is 4. The lowest BCUT2D eigenvalue weighted by Crippen LogP contribution is -2.27. The minimum Gasteiger partial charge on any atom is -0.491 e. The number of alkyl halides is 3. The van der Waals surface area contributed by atoms with Crippen LogP contribution in [0.3, 0.4) is 0 Å². The van der Waals surface area contributed by atoms with Crippen LogP contribution in [0.4, 0.5) is 18.9 Å². The number of carboxylic acids is 1. The van der Waals surface area contributed by atoms with Gasteiger partial charge in [0.05, 0.1) is 18.7 Å². The van der Waals surface area contributed by atoms with E-state index in [1.165, 1.54) is 37.1 Å². The number of aromatic nitrogens is 1. The molecule has 0 unspecified atom stereocenters. The maximum atomic E-state index is 13.3. The van der Waals surface area contributed by atoms with Crippen LogP contribution in [-0.4, -0.2) is 35.6 Å². The molecule has 3 rings (SSSR count). The van der Waals surface area contributed by atoms with Gasteiger partial charge < -0.3 is 14.7 Å². The van der Waals surface area contributed by atoms with E-state index in [2.05, 4.69) is 16.8 Å². The highest BCUT2D eigenvalue weighted by Crippen LogP contribution is 2.35. The number of carbonyl (C=O) groups excluding carboxylic acids is 1. The Morgan fingerprint density at radius 3 is 2.53 bits per heavy atom. The van der Waals surface area contributed by atoms with Gasteiger partial charge in [-0.05, 0) is 43.3 Å². The molecule has 0 aliphatic carbocycles. The fourth-order valence-electron chi connectivity index (χ4n) is 3.34. The molecule has 36 heavy (non-hydrogen) atoms. The van der Waals surface area contributed by atoms with Gasteiger partial charge in [0.1, 0.15) is 11.4 Å². The summed E-state index contributed by atoms with van der Waals surface area (Å²) in [5, 5.41) is 9.03. The summed E-state index contributed by atoms with van der Waals surface area (Å²) >= 11 is 6.35. The van der Waals surface area contributed by atoms with Crippen molar-refractivity contribution in [3.8, 4) is 28.7 Å². The SMILES string of the molecule is CC#Cc1cc(C(F)(F)F)ncc1-c1cc(C(=O)N(C)c2ccccc2OCCC(=O)O)ccc1Cl. The fourth-order valence-corrected chi connectivity index (χ4v) is 3.55. The molecule has 0 saturated carbocycles. The highest BCUT2D eigenvalue weighted by Gasteiger charge is 2.33. The molecule has 3 aromatic rings. The highest BCUT2D eigenvalue weighted by molar-refractivity contribution is 6.33. The first-order valence-corrected chi connectivity index (χ1v) is 10.9. The molecule has 0 radical (unpaired) electrons. The van der Waals surface area contributed by atoms with Crippen LogP contribution in [0.2, 0.25) is 5.02 Å². The third-order valence-electron chi connectivity index (χ3n) is 5.06. The summed E-state index contributed by atoms with van der Waals surface area (Å²) in [6, 6.07) is 11.9. The number of para-hydroxylation sites is 2. The summed E-state index contributed by atoms with van der Waals surface area (Å²) in [7, 11) is 1.52. The molecule has 10 heteroatoms. The number of hydrogen-bond donors (Lipinski definition) is 1. The van der Waals surface area contributed by atoms with Gasteiger partial charge in [-0.15, -0.1) is 5.92 Å². The topological polar surface area (TPSA) is 79.7 Å². The molecule has 1 amide bonds. The molecule has 0 fully saturated rings. The van der Waals surface area contributed by atoms with E-state index >= 15 is 0 Å². The van der Waals surface area contributed by atoms with Gasteiger partial charge >= 0.3 is 12.1 Å². The first-order chi connectivity index (χ1) is 17.0. The van der Waals surface area contributed by atoms with E-state index in [9.17, 15) is 22.8 Å². The molecular formula is C26H20ClF3N2O4. The van der Waals surface area contributed by atoms with Crippen LogP contribution in [0.5, 0.6) is 5.75 Å². The Labute approximate surface area is 210 Å². The molecule has 6 nitrogen and oxygen atoms in total. The Morgan fingerprint density at radius 1 is 1.14 bits per heavy atom. The van der Waals surface area contributed by atoms with Crippen LogP contribution in [0.25, 0.3) is 11.1 Å². The third kappa shape index (κ3) is 6.15. The standard InChI is InChI=1S/C26H20ClF3N2O4/c1-3-6-16-14-23(26(28,29)30)31-15-19(16)18-13-17(9-10-20(18)27)25(35)32(2)21-7-4-5-8-22(21)36-12-11-24(33)34/h4-5,7-10,13-15H,11-12H2,1-2H3,(H,33,34). The predicted molar refractivity (Wildman–Crippen MR) is 129 cm³/mol. The largest absolute Gasteiger partial charge is 0.491 e. The van der Waals surface area contributed by atoms with E-state index in [-0.39, 0.29) is 34.7 Å². The van der Waals surface area contributed by atoms with E-state index in [0.717, 1.165) is 12.3 Å². The van der Waals surface area contributed by atoms with Crippen LogP contribution < -0.4 is 9.64 Å². The van der Waals surface area contributed by atoms with E-state index in [1.54, 1.807) is 24.3 Å². The summed E-state index contributed by atoms with van der Waals surface area (Å²) in [4.78, 5) is 28.9. The maximum absolute atomic E-state index is 13.3. The predicted octanol–water partition coefficient (Wildman–Crippen LogP) is 5.92. The van der Waals surface area contributed by atoms with Gasteiger partial charge in [-0.3, -0.25) is 14.6 Å². The molecule has 186 valence electrons. The number of aliphatic carboxylic acids is 1. The Bertz CT molecular complexity index is 1360. The van der Waals surface area contributed by atoms with Crippen molar-refractivity contribution >= 4 is 29.2 Å². The van der Waals surface area contributed by atoms with Gasteiger partial charge in [0.25, 0.3) is 5.91 Å². The van der Waals surface area contributed by atoms with Crippen LogP contribution >= 0.6 is 11.6 Å². The molecule has 0 aliphatic rings. The molecular weight excluding hydrogens is 497 g/mol. The number of amides is 1. The second-order valence-electron chi connectivity index (χ2n) is 7.51. The molecule has 0 bridgehead atoms. The Balaban J connectivity index is 1.99. The number of rotatable bonds is 7. The lowest BCUT2D eigenvalue weighted by Gasteiger charge is -2.21. The Morgan fingerprint density at radius 2 is 1.86 bits per heavy atom. The van der Waals surface area contributed by atoms with Crippen molar-refractivity contribution < 1.29 is 32.6 Å². The van der Waals surface area contributed by atoms with Crippen molar-refractivity contribution in [3.63, 3.8) is 0 Å². The fraction of sp³-hybridized carbons (Fsp3) is 0.192. The van der Waals surface area contributed by atoms with Crippen LogP contribution in [-0.2, 0) is 11.0 Å². The summed E-state index contributed by atoms with van der Waals surface area (Å²) in [6.07, 6.45) is -3.82. The first-order valence-electron chi connectivity index (χ1n) is 10.5. The number of anilines is 1. The zero-order chi connectivity index (χ0) is 26.5. The van der Waals surface area contributed by atoms with Gasteiger partial charge in [-0.25, -0.2) is 0 Å². The number of carbonyl (C=O) groups is 2. The number of ether oxygens (including phenoxy) is 1. The van der Waals surface area contributed by atoms with E-state index in [4.69, 9.17) is 21.4 Å². The highest BCUT2D eigenvalue weighted by atomic mass is 35.5. The second-order valence-corrected chi connectivity index (χ2v) is 7.91. The smallest absolute Gasteiger partial charge is 0.433 e. The zero-order valence-electron chi connectivity index (χ0n) is 19.2. The summed E-state index contributed by atoms with van der Waals surface area (Å²) in [5.74, 6) is 4.07. The van der Waals surface area contributed by atoms with Crippen LogP contribution in [0.15, 0.2) is 54.7 Å². The average molecular weight is 517 g/mol. The zero-order valence-corrected chi connectivity index (χ0v) is 19.9.